The summed E-state index contributed by atoms with van der Waals surface area (Å²) in [6.07, 6.45) is 0.972. The second kappa shape index (κ2) is 5.20. The molecule has 106 valence electrons. The molecular weight excluding hydrogens is 292 g/mol. The van der Waals surface area contributed by atoms with Crippen molar-refractivity contribution in [2.45, 2.75) is 17.9 Å². The van der Waals surface area contributed by atoms with Crippen LogP contribution in [-0.4, -0.2) is 22.0 Å². The Labute approximate surface area is 123 Å². The molecule has 0 saturated heterocycles. The lowest BCUT2D eigenvalue weighted by molar-refractivity contribution is 0.588. The van der Waals surface area contributed by atoms with Gasteiger partial charge in [-0.1, -0.05) is 6.07 Å². The van der Waals surface area contributed by atoms with Gasteiger partial charge < -0.3 is 4.90 Å². The van der Waals surface area contributed by atoms with Crippen LogP contribution in [-0.2, 0) is 23.0 Å². The van der Waals surface area contributed by atoms with E-state index in [0.717, 1.165) is 25.2 Å². The van der Waals surface area contributed by atoms with E-state index in [-0.39, 0.29) is 0 Å². The van der Waals surface area contributed by atoms with Crippen molar-refractivity contribution in [3.05, 3.63) is 46.2 Å². The number of sulfonamides is 1. The Morgan fingerprint density at radius 1 is 1.35 bits per heavy atom. The van der Waals surface area contributed by atoms with Crippen LogP contribution in [0.3, 0.4) is 0 Å². The van der Waals surface area contributed by atoms with Gasteiger partial charge in [-0.2, -0.15) is 11.3 Å². The van der Waals surface area contributed by atoms with Crippen LogP contribution in [0, 0.1) is 0 Å². The van der Waals surface area contributed by atoms with Gasteiger partial charge in [0.15, 0.2) is 0 Å². The molecule has 1 aliphatic heterocycles. The fourth-order valence-electron chi connectivity index (χ4n) is 2.48. The van der Waals surface area contributed by atoms with Crippen LogP contribution in [0.15, 0.2) is 39.9 Å². The molecule has 0 radical (unpaired) electrons. The summed E-state index contributed by atoms with van der Waals surface area (Å²) in [6, 6.07) is 7.49. The zero-order valence-electron chi connectivity index (χ0n) is 11.2. The highest BCUT2D eigenvalue weighted by molar-refractivity contribution is 7.89. The van der Waals surface area contributed by atoms with Crippen molar-refractivity contribution in [1.29, 1.82) is 0 Å². The molecule has 0 unspecified atom stereocenters. The fourth-order valence-corrected chi connectivity index (χ4v) is 3.89. The minimum atomic E-state index is -3.38. The molecule has 0 bridgehead atoms. The zero-order chi connectivity index (χ0) is 14.2. The zero-order valence-corrected chi connectivity index (χ0v) is 12.8. The maximum atomic E-state index is 11.9. The van der Waals surface area contributed by atoms with Crippen molar-refractivity contribution in [3.8, 4) is 0 Å². The van der Waals surface area contributed by atoms with Gasteiger partial charge in [0.1, 0.15) is 0 Å². The number of rotatable bonds is 4. The van der Waals surface area contributed by atoms with E-state index in [0.29, 0.717) is 4.90 Å². The molecule has 0 amide bonds. The van der Waals surface area contributed by atoms with E-state index < -0.39 is 10.0 Å². The van der Waals surface area contributed by atoms with Crippen molar-refractivity contribution < 1.29 is 8.42 Å². The molecule has 2 aromatic rings. The maximum Gasteiger partial charge on any atom is 0.240 e. The first-order valence-electron chi connectivity index (χ1n) is 6.42. The number of anilines is 1. The molecule has 6 heteroatoms. The van der Waals surface area contributed by atoms with E-state index in [1.807, 2.05) is 6.07 Å². The van der Waals surface area contributed by atoms with Crippen LogP contribution in [0.5, 0.6) is 0 Å². The standard InChI is InChI=1S/C14H16N2O2S2/c1-15-20(17,18)13-3-2-12-4-6-16(14(12)8-13)9-11-5-7-19-10-11/h2-3,5,7-8,10,15H,4,6,9H2,1H3. The Hall–Kier alpha value is -1.37. The maximum absolute atomic E-state index is 11.9. The number of nitrogens with zero attached hydrogens (tertiary/aromatic N) is 1. The third-order valence-electron chi connectivity index (χ3n) is 3.58. The Balaban J connectivity index is 1.93. The van der Waals surface area contributed by atoms with Crippen LogP contribution in [0.25, 0.3) is 0 Å². The largest absolute Gasteiger partial charge is 0.367 e. The summed E-state index contributed by atoms with van der Waals surface area (Å²) in [4.78, 5) is 2.57. The van der Waals surface area contributed by atoms with Gasteiger partial charge in [0, 0.05) is 18.8 Å². The monoisotopic (exact) mass is 308 g/mol. The summed E-state index contributed by atoms with van der Waals surface area (Å²) in [5, 5.41) is 4.19. The van der Waals surface area contributed by atoms with Crippen LogP contribution in [0.1, 0.15) is 11.1 Å². The molecular formula is C14H16N2O2S2. The van der Waals surface area contributed by atoms with E-state index in [4.69, 9.17) is 0 Å². The lowest BCUT2D eigenvalue weighted by Crippen LogP contribution is -2.21. The van der Waals surface area contributed by atoms with Gasteiger partial charge in [0.2, 0.25) is 10.0 Å². The van der Waals surface area contributed by atoms with Gasteiger partial charge in [0.05, 0.1) is 4.90 Å². The fraction of sp³-hybridized carbons (Fsp3) is 0.286. The Bertz CT molecular complexity index is 709. The summed E-state index contributed by atoms with van der Waals surface area (Å²) >= 11 is 1.68. The Morgan fingerprint density at radius 3 is 2.90 bits per heavy atom. The molecule has 0 aliphatic carbocycles. The number of fused-ring (bicyclic) bond motifs is 1. The third-order valence-corrected chi connectivity index (χ3v) is 5.73. The van der Waals surface area contributed by atoms with Crippen molar-refractivity contribution in [3.63, 3.8) is 0 Å². The average Bonchev–Trinajstić information content (AvgIpc) is 3.09. The molecule has 2 heterocycles. The predicted molar refractivity (Wildman–Crippen MR) is 81.8 cm³/mol. The van der Waals surface area contributed by atoms with E-state index in [2.05, 4.69) is 26.4 Å². The van der Waals surface area contributed by atoms with Gasteiger partial charge in [-0.25, -0.2) is 13.1 Å². The quantitative estimate of drug-likeness (QED) is 0.942. The SMILES string of the molecule is CNS(=O)(=O)c1ccc2c(c1)N(Cc1ccsc1)CC2. The molecule has 1 N–H and O–H groups in total. The summed E-state index contributed by atoms with van der Waals surface area (Å²) in [5.41, 5.74) is 3.52. The van der Waals surface area contributed by atoms with E-state index in [9.17, 15) is 8.42 Å². The van der Waals surface area contributed by atoms with Crippen LogP contribution in [0.2, 0.25) is 0 Å². The summed E-state index contributed by atoms with van der Waals surface area (Å²) in [5.74, 6) is 0. The van der Waals surface area contributed by atoms with E-state index in [1.165, 1.54) is 18.2 Å². The molecule has 0 spiro atoms. The van der Waals surface area contributed by atoms with Crippen molar-refractivity contribution in [2.24, 2.45) is 0 Å². The first-order valence-corrected chi connectivity index (χ1v) is 8.85. The van der Waals surface area contributed by atoms with Gasteiger partial charge >= 0.3 is 0 Å². The predicted octanol–water partition coefficient (Wildman–Crippen LogP) is 2.22. The Morgan fingerprint density at radius 2 is 2.20 bits per heavy atom. The molecule has 1 aliphatic rings. The molecule has 3 rings (SSSR count). The molecule has 1 aromatic heterocycles. The Kier molecular flexibility index (Phi) is 3.54. The van der Waals surface area contributed by atoms with Crippen molar-refractivity contribution in [1.82, 2.24) is 4.72 Å². The molecule has 20 heavy (non-hydrogen) atoms. The molecule has 1 aromatic carbocycles. The minimum Gasteiger partial charge on any atom is -0.367 e. The average molecular weight is 308 g/mol. The van der Waals surface area contributed by atoms with E-state index in [1.54, 1.807) is 23.5 Å². The smallest absolute Gasteiger partial charge is 0.240 e. The normalized spacial score (nSPS) is 14.6. The molecule has 4 nitrogen and oxygen atoms in total. The lowest BCUT2D eigenvalue weighted by Gasteiger charge is -2.19. The van der Waals surface area contributed by atoms with Crippen LogP contribution in [0.4, 0.5) is 5.69 Å². The van der Waals surface area contributed by atoms with Crippen LogP contribution >= 0.6 is 11.3 Å². The summed E-state index contributed by atoms with van der Waals surface area (Å²) in [6.45, 7) is 1.77. The number of hydrogen-bond donors (Lipinski definition) is 1. The minimum absolute atomic E-state index is 0.330. The van der Waals surface area contributed by atoms with Gasteiger partial charge in [-0.05, 0) is 53.6 Å². The van der Waals surface area contributed by atoms with Gasteiger partial charge in [-0.15, -0.1) is 0 Å². The highest BCUT2D eigenvalue weighted by atomic mass is 32.2. The van der Waals surface area contributed by atoms with Crippen molar-refractivity contribution >= 4 is 27.0 Å². The van der Waals surface area contributed by atoms with Gasteiger partial charge in [0.25, 0.3) is 0 Å². The molecule has 0 atom stereocenters. The second-order valence-electron chi connectivity index (χ2n) is 4.80. The number of thiophene rings is 1. The highest BCUT2D eigenvalue weighted by Gasteiger charge is 2.22. The first-order chi connectivity index (χ1) is 9.60. The second-order valence-corrected chi connectivity index (χ2v) is 7.47. The number of nitrogens with one attached hydrogen (secondary N) is 1. The van der Waals surface area contributed by atoms with E-state index >= 15 is 0 Å². The lowest BCUT2D eigenvalue weighted by atomic mass is 10.2. The van der Waals surface area contributed by atoms with Crippen molar-refractivity contribution in [2.75, 3.05) is 18.5 Å². The van der Waals surface area contributed by atoms with Gasteiger partial charge in [-0.3, -0.25) is 0 Å². The third kappa shape index (κ3) is 2.46. The summed E-state index contributed by atoms with van der Waals surface area (Å²) < 4.78 is 26.2. The summed E-state index contributed by atoms with van der Waals surface area (Å²) in [7, 11) is -1.94. The molecule has 0 saturated carbocycles. The number of hydrogen-bond acceptors (Lipinski definition) is 4. The topological polar surface area (TPSA) is 49.4 Å². The molecule has 0 fully saturated rings. The number of benzene rings is 1. The highest BCUT2D eigenvalue weighted by Crippen LogP contribution is 2.31. The van der Waals surface area contributed by atoms with Crippen LogP contribution < -0.4 is 9.62 Å². The first kappa shape index (κ1) is 13.6.